The predicted octanol–water partition coefficient (Wildman–Crippen LogP) is 5.37. The fourth-order valence-electron chi connectivity index (χ4n) is 3.36. The Balaban J connectivity index is 0.00000105. The first-order valence-corrected chi connectivity index (χ1v) is 14.7. The van der Waals surface area contributed by atoms with Gasteiger partial charge in [-0.15, -0.1) is 13.1 Å². The Kier molecular flexibility index (Phi) is 11.0. The van der Waals surface area contributed by atoms with Crippen molar-refractivity contribution in [3.63, 3.8) is 0 Å². The van der Waals surface area contributed by atoms with Crippen LogP contribution in [0, 0.1) is 27.7 Å². The van der Waals surface area contributed by atoms with Crippen LogP contribution in [-0.4, -0.2) is 13.1 Å². The van der Waals surface area contributed by atoms with Crippen molar-refractivity contribution in [3.8, 4) is 0 Å². The molecule has 4 N–H and O–H groups in total. The van der Waals surface area contributed by atoms with E-state index in [9.17, 15) is 0 Å². The van der Waals surface area contributed by atoms with Gasteiger partial charge in [-0.25, -0.2) is 0 Å². The number of aryl methyl sites for hydroxylation is 4. The first-order valence-electron chi connectivity index (χ1n) is 8.45. The summed E-state index contributed by atoms with van der Waals surface area (Å²) < 4.78 is 0. The van der Waals surface area contributed by atoms with Crippen LogP contribution in [0.15, 0.2) is 36.4 Å². The van der Waals surface area contributed by atoms with Crippen molar-refractivity contribution in [2.75, 3.05) is 13.1 Å². The van der Waals surface area contributed by atoms with Gasteiger partial charge in [0.1, 0.15) is 0 Å². The number of rotatable bonds is 6. The minimum absolute atomic E-state index is 0.0682. The summed E-state index contributed by atoms with van der Waals surface area (Å²) in [6.07, 6.45) is 0. The summed E-state index contributed by atoms with van der Waals surface area (Å²) in [7, 11) is 9.81. The molecular formula is C20H28Cl2N3Os-. The molecule has 146 valence electrons. The van der Waals surface area contributed by atoms with E-state index in [2.05, 4.69) is 69.4 Å². The number of nitrogens with two attached hydrogens (primary N) is 2. The summed E-state index contributed by atoms with van der Waals surface area (Å²) in [5.74, 6) is 0. The quantitative estimate of drug-likeness (QED) is 0.490. The summed E-state index contributed by atoms with van der Waals surface area (Å²) in [6.45, 7) is 9.61. The number of halogens is 2. The van der Waals surface area contributed by atoms with E-state index in [1.165, 1.54) is 33.4 Å². The van der Waals surface area contributed by atoms with Crippen LogP contribution in [0.5, 0.6) is 0 Å². The molecular weight excluding hydrogens is 543 g/mol. The van der Waals surface area contributed by atoms with E-state index in [0.29, 0.717) is 13.1 Å². The van der Waals surface area contributed by atoms with Gasteiger partial charge in [0.2, 0.25) is 0 Å². The molecule has 0 radical (unpaired) electrons. The molecule has 2 unspecified atom stereocenters. The van der Waals surface area contributed by atoms with E-state index in [0.717, 1.165) is 0 Å². The fourth-order valence-corrected chi connectivity index (χ4v) is 3.36. The van der Waals surface area contributed by atoms with E-state index in [4.69, 9.17) is 30.7 Å². The van der Waals surface area contributed by atoms with Crippen LogP contribution in [0.25, 0.3) is 5.32 Å². The van der Waals surface area contributed by atoms with Crippen molar-refractivity contribution in [3.05, 3.63) is 75.1 Å². The monoisotopic (exact) mass is 572 g/mol. The number of hydrogen-bond donors (Lipinski definition) is 2. The maximum absolute atomic E-state index is 6.35. The summed E-state index contributed by atoms with van der Waals surface area (Å²) in [4.78, 5) is 0. The molecule has 2 atom stereocenters. The molecule has 0 fully saturated rings. The number of benzene rings is 2. The third kappa shape index (κ3) is 6.93. The molecule has 0 aromatic heterocycles. The molecule has 0 aliphatic carbocycles. The molecule has 3 nitrogen and oxygen atoms in total. The van der Waals surface area contributed by atoms with Crippen LogP contribution in [0.3, 0.4) is 0 Å². The summed E-state index contributed by atoms with van der Waals surface area (Å²) in [5.41, 5.74) is 20.0. The fraction of sp³-hybridized carbons (Fsp3) is 0.400. The van der Waals surface area contributed by atoms with Gasteiger partial charge in [0.25, 0.3) is 0 Å². The van der Waals surface area contributed by atoms with E-state index < -0.39 is 15.4 Å². The molecule has 0 aliphatic heterocycles. The Morgan fingerprint density at radius 2 is 1.04 bits per heavy atom. The van der Waals surface area contributed by atoms with E-state index >= 15 is 0 Å². The summed E-state index contributed by atoms with van der Waals surface area (Å²) >= 11 is -0.639. The van der Waals surface area contributed by atoms with Gasteiger partial charge >= 0.3 is 34.7 Å². The van der Waals surface area contributed by atoms with E-state index in [-0.39, 0.29) is 12.1 Å². The molecule has 0 amide bonds. The maximum atomic E-state index is 6.35. The van der Waals surface area contributed by atoms with Gasteiger partial charge in [-0.2, -0.15) is 0 Å². The van der Waals surface area contributed by atoms with Crippen LogP contribution in [-0.2, 0) is 15.4 Å². The molecule has 0 spiro atoms. The Morgan fingerprint density at radius 3 is 1.31 bits per heavy atom. The predicted molar refractivity (Wildman–Crippen MR) is 110 cm³/mol. The average Bonchev–Trinajstić information content (AvgIpc) is 2.55. The first kappa shape index (κ1) is 23.6. The summed E-state index contributed by atoms with van der Waals surface area (Å²) in [5, 5.41) is 4.64. The van der Waals surface area contributed by atoms with Gasteiger partial charge in [-0.05, 0) is 61.1 Å². The van der Waals surface area contributed by atoms with Gasteiger partial charge in [-0.1, -0.05) is 36.4 Å². The van der Waals surface area contributed by atoms with Gasteiger partial charge < -0.3 is 16.8 Å². The van der Waals surface area contributed by atoms with Gasteiger partial charge in [0.15, 0.2) is 0 Å². The molecule has 0 saturated heterocycles. The third-order valence-corrected chi connectivity index (χ3v) is 4.48. The molecule has 6 heteroatoms. The van der Waals surface area contributed by atoms with Crippen molar-refractivity contribution in [1.82, 2.24) is 0 Å². The molecule has 2 aromatic carbocycles. The van der Waals surface area contributed by atoms with Crippen LogP contribution < -0.4 is 11.5 Å². The zero-order valence-electron chi connectivity index (χ0n) is 15.7. The second-order valence-electron chi connectivity index (χ2n) is 6.46. The van der Waals surface area contributed by atoms with Crippen LogP contribution in [0.2, 0.25) is 0 Å². The molecule has 0 saturated carbocycles. The van der Waals surface area contributed by atoms with Crippen molar-refractivity contribution < 1.29 is 15.4 Å². The molecule has 2 aromatic rings. The van der Waals surface area contributed by atoms with Crippen LogP contribution in [0.4, 0.5) is 0 Å². The molecule has 0 aliphatic rings. The Hall–Kier alpha value is -0.464. The normalized spacial score (nSPS) is 13.1. The van der Waals surface area contributed by atoms with Crippen molar-refractivity contribution >= 4 is 19.3 Å². The zero-order chi connectivity index (χ0) is 19.7. The molecule has 0 bridgehead atoms. The molecule has 0 heterocycles. The van der Waals surface area contributed by atoms with E-state index in [1.54, 1.807) is 0 Å². The van der Waals surface area contributed by atoms with Crippen molar-refractivity contribution in [2.45, 2.75) is 39.8 Å². The van der Waals surface area contributed by atoms with E-state index in [1.807, 2.05) is 0 Å². The summed E-state index contributed by atoms with van der Waals surface area (Å²) in [6, 6.07) is 12.4. The van der Waals surface area contributed by atoms with Gasteiger partial charge in [-0.3, -0.25) is 0 Å². The topological polar surface area (TPSA) is 66.1 Å². The standard InChI is InChI=1S/C20H28N3.2ClH.Os/c1-13-7-5-8-14(2)19(13)17(21)11-23-12-18(22)20-15(3)9-6-10-16(20)4;;;/h5-10,17-18H,11-12,21-22H2,1-4H3;2*1H;/q-1;;;+2/p-2. The Morgan fingerprint density at radius 1 is 0.769 bits per heavy atom. The Bertz CT molecular complexity index is 597. The molecule has 26 heavy (non-hydrogen) atoms. The Labute approximate surface area is 173 Å². The first-order chi connectivity index (χ1) is 12.3. The second kappa shape index (κ2) is 12.1. The van der Waals surface area contributed by atoms with Crippen molar-refractivity contribution in [1.29, 1.82) is 0 Å². The third-order valence-electron chi connectivity index (χ3n) is 4.48. The number of hydrogen-bond acceptors (Lipinski definition) is 2. The SMILES string of the molecule is Cc1cccc(C)c1C(N)C[N-]CC(N)c1c(C)cccc1C.[Cl][Os][Cl]. The van der Waals surface area contributed by atoms with Crippen molar-refractivity contribution in [2.24, 2.45) is 11.5 Å². The minimum atomic E-state index is -0.639. The average molecular weight is 572 g/mol. The zero-order valence-corrected chi connectivity index (χ0v) is 19.8. The van der Waals surface area contributed by atoms with Gasteiger partial charge in [0.05, 0.1) is 0 Å². The van der Waals surface area contributed by atoms with Crippen LogP contribution >= 0.6 is 19.3 Å². The second-order valence-corrected chi connectivity index (χ2v) is 10.1. The van der Waals surface area contributed by atoms with Crippen LogP contribution in [0.1, 0.15) is 45.5 Å². The molecule has 2 rings (SSSR count). The van der Waals surface area contributed by atoms with Gasteiger partial charge in [0, 0.05) is 12.1 Å². The number of nitrogens with zero attached hydrogens (tertiary/aromatic N) is 1.